The van der Waals surface area contributed by atoms with Gasteiger partial charge in [0.1, 0.15) is 12.2 Å². The number of carboxylic acids is 1. The lowest BCUT2D eigenvalue weighted by Gasteiger charge is -2.25. The summed E-state index contributed by atoms with van der Waals surface area (Å²) in [6.45, 7) is 2.17. The third kappa shape index (κ3) is 3.83. The van der Waals surface area contributed by atoms with Crippen molar-refractivity contribution in [2.75, 3.05) is 11.9 Å². The average molecular weight is 308 g/mol. The molecule has 0 bridgehead atoms. The van der Waals surface area contributed by atoms with E-state index in [-0.39, 0.29) is 6.07 Å². The average Bonchev–Trinajstić information content (AvgIpc) is 2.38. The van der Waals surface area contributed by atoms with Crippen molar-refractivity contribution in [2.45, 2.75) is 19.9 Å². The molecule has 21 heavy (non-hydrogen) atoms. The Morgan fingerprint density at radius 1 is 1.19 bits per heavy atom. The van der Waals surface area contributed by atoms with Crippen molar-refractivity contribution in [3.05, 3.63) is 29.3 Å². The molecule has 0 atom stereocenters. The van der Waals surface area contributed by atoms with Crippen LogP contribution in [0.3, 0.4) is 0 Å². The van der Waals surface area contributed by atoms with E-state index in [1.165, 1.54) is 13.8 Å². The number of urea groups is 1. The van der Waals surface area contributed by atoms with Crippen LogP contribution in [0.1, 0.15) is 13.8 Å². The molecule has 0 heterocycles. The van der Waals surface area contributed by atoms with Crippen LogP contribution in [0.15, 0.2) is 6.07 Å². The summed E-state index contributed by atoms with van der Waals surface area (Å²) in [4.78, 5) is 23.1. The lowest BCUT2D eigenvalue weighted by molar-refractivity contribution is -0.137. The molecule has 0 unspecified atom stereocenters. The van der Waals surface area contributed by atoms with E-state index < -0.39 is 53.5 Å². The van der Waals surface area contributed by atoms with Crippen LogP contribution in [-0.2, 0) is 4.79 Å². The number of nitrogens with zero attached hydrogens (tertiary/aromatic N) is 1. The maximum absolute atomic E-state index is 13.4. The van der Waals surface area contributed by atoms with Gasteiger partial charge in [0.25, 0.3) is 0 Å². The van der Waals surface area contributed by atoms with Crippen LogP contribution in [0.25, 0.3) is 0 Å². The second kappa shape index (κ2) is 6.42. The Bertz CT molecular complexity index is 552. The molecule has 2 amide bonds. The van der Waals surface area contributed by atoms with Crippen molar-refractivity contribution in [3.63, 3.8) is 0 Å². The highest BCUT2D eigenvalue weighted by Gasteiger charge is 2.25. The zero-order valence-corrected chi connectivity index (χ0v) is 11.1. The molecular weight excluding hydrogens is 296 g/mol. The number of carbonyl (C=O) groups excluding carboxylic acids is 1. The first-order chi connectivity index (χ1) is 9.65. The van der Waals surface area contributed by atoms with E-state index in [4.69, 9.17) is 5.11 Å². The number of amides is 2. The maximum atomic E-state index is 13.4. The molecular formula is C12H12F4N2O3. The number of halogens is 4. The Balaban J connectivity index is 3.10. The van der Waals surface area contributed by atoms with Gasteiger partial charge >= 0.3 is 12.0 Å². The zero-order valence-electron chi connectivity index (χ0n) is 11.1. The molecule has 5 nitrogen and oxygen atoms in total. The van der Waals surface area contributed by atoms with Gasteiger partial charge in [0, 0.05) is 12.1 Å². The number of aliphatic carboxylic acids is 1. The van der Waals surface area contributed by atoms with Gasteiger partial charge in [0.2, 0.25) is 0 Å². The summed E-state index contributed by atoms with van der Waals surface area (Å²) in [5.41, 5.74) is -1.31. The highest BCUT2D eigenvalue weighted by molar-refractivity contribution is 5.91. The molecule has 1 rings (SSSR count). The fourth-order valence-electron chi connectivity index (χ4n) is 1.50. The Hall–Kier alpha value is -2.32. The number of nitrogens with one attached hydrogen (secondary N) is 1. The first kappa shape index (κ1) is 16.7. The Kier molecular flexibility index (Phi) is 5.12. The minimum absolute atomic E-state index is 0.00220. The number of anilines is 1. The van der Waals surface area contributed by atoms with E-state index in [9.17, 15) is 27.2 Å². The summed E-state index contributed by atoms with van der Waals surface area (Å²) in [6.07, 6.45) is 0. The summed E-state index contributed by atoms with van der Waals surface area (Å²) in [7, 11) is 0. The lowest BCUT2D eigenvalue weighted by Crippen LogP contribution is -2.43. The van der Waals surface area contributed by atoms with Crippen molar-refractivity contribution >= 4 is 17.7 Å². The zero-order chi connectivity index (χ0) is 16.3. The van der Waals surface area contributed by atoms with Crippen molar-refractivity contribution < 1.29 is 32.3 Å². The second-order valence-corrected chi connectivity index (χ2v) is 4.39. The fourth-order valence-corrected chi connectivity index (χ4v) is 1.50. The van der Waals surface area contributed by atoms with Gasteiger partial charge in [0.15, 0.2) is 23.3 Å². The number of hydrogen-bond donors (Lipinski definition) is 2. The van der Waals surface area contributed by atoms with Gasteiger partial charge in [-0.05, 0) is 13.8 Å². The monoisotopic (exact) mass is 308 g/mol. The molecule has 0 aliphatic carbocycles. The van der Waals surface area contributed by atoms with Gasteiger partial charge in [-0.25, -0.2) is 22.4 Å². The van der Waals surface area contributed by atoms with E-state index in [0.29, 0.717) is 0 Å². The Morgan fingerprint density at radius 2 is 1.67 bits per heavy atom. The molecule has 0 fully saturated rings. The van der Waals surface area contributed by atoms with Crippen LogP contribution >= 0.6 is 0 Å². The third-order valence-corrected chi connectivity index (χ3v) is 2.53. The number of benzene rings is 1. The Morgan fingerprint density at radius 3 is 2.05 bits per heavy atom. The first-order valence-corrected chi connectivity index (χ1v) is 5.77. The molecule has 0 aliphatic heterocycles. The molecule has 1 aromatic rings. The minimum atomic E-state index is -1.78. The van der Waals surface area contributed by atoms with Crippen LogP contribution in [0, 0.1) is 23.3 Å². The molecule has 0 radical (unpaired) electrons. The van der Waals surface area contributed by atoms with Crippen molar-refractivity contribution in [1.82, 2.24) is 4.90 Å². The molecule has 0 saturated heterocycles. The molecule has 2 N–H and O–H groups in total. The van der Waals surface area contributed by atoms with Gasteiger partial charge in [-0.2, -0.15) is 0 Å². The SMILES string of the molecule is CC(C)N(CC(=O)O)C(=O)Nc1c(F)c(F)cc(F)c1F. The largest absolute Gasteiger partial charge is 0.480 e. The van der Waals surface area contributed by atoms with E-state index in [2.05, 4.69) is 0 Å². The van der Waals surface area contributed by atoms with Gasteiger partial charge in [-0.1, -0.05) is 0 Å². The van der Waals surface area contributed by atoms with E-state index in [1.54, 1.807) is 5.32 Å². The van der Waals surface area contributed by atoms with E-state index in [0.717, 1.165) is 4.90 Å². The first-order valence-electron chi connectivity index (χ1n) is 5.77. The summed E-state index contributed by atoms with van der Waals surface area (Å²) >= 11 is 0. The highest BCUT2D eigenvalue weighted by atomic mass is 19.2. The van der Waals surface area contributed by atoms with Gasteiger partial charge in [0.05, 0.1) is 0 Å². The second-order valence-electron chi connectivity index (χ2n) is 4.39. The molecule has 116 valence electrons. The maximum Gasteiger partial charge on any atom is 0.323 e. The molecule has 0 aromatic heterocycles. The summed E-state index contributed by atoms with van der Waals surface area (Å²) in [5, 5.41) is 10.3. The molecule has 9 heteroatoms. The van der Waals surface area contributed by atoms with Gasteiger partial charge in [-0.15, -0.1) is 0 Å². The number of carboxylic acid groups (broad SMARTS) is 1. The topological polar surface area (TPSA) is 69.6 Å². The quantitative estimate of drug-likeness (QED) is 0.663. The normalized spacial score (nSPS) is 10.6. The predicted octanol–water partition coefficient (Wildman–Crippen LogP) is 2.57. The van der Waals surface area contributed by atoms with Crippen LogP contribution in [-0.4, -0.2) is 34.6 Å². The van der Waals surface area contributed by atoms with Gasteiger partial charge < -0.3 is 15.3 Å². The van der Waals surface area contributed by atoms with Crippen molar-refractivity contribution in [2.24, 2.45) is 0 Å². The van der Waals surface area contributed by atoms with E-state index >= 15 is 0 Å². The standard InChI is InChI=1S/C12H12F4N2O3/c1-5(2)18(4-8(19)20)12(21)17-11-9(15)6(13)3-7(14)10(11)16/h3,5H,4H2,1-2H3,(H,17,21)(H,19,20). The molecule has 0 aliphatic rings. The van der Waals surface area contributed by atoms with Crippen LogP contribution < -0.4 is 5.32 Å². The summed E-state index contributed by atoms with van der Waals surface area (Å²) in [5.74, 6) is -8.27. The number of carbonyl (C=O) groups is 2. The van der Waals surface area contributed by atoms with E-state index in [1.807, 2.05) is 0 Å². The predicted molar refractivity (Wildman–Crippen MR) is 64.8 cm³/mol. The lowest BCUT2D eigenvalue weighted by atomic mass is 10.2. The molecule has 1 aromatic carbocycles. The molecule has 0 saturated carbocycles. The minimum Gasteiger partial charge on any atom is -0.480 e. The van der Waals surface area contributed by atoms with Crippen LogP contribution in [0.4, 0.5) is 28.0 Å². The molecule has 0 spiro atoms. The number of hydrogen-bond acceptors (Lipinski definition) is 2. The summed E-state index contributed by atoms with van der Waals surface area (Å²) in [6, 6.07) is -1.82. The van der Waals surface area contributed by atoms with Crippen LogP contribution in [0.2, 0.25) is 0 Å². The van der Waals surface area contributed by atoms with Crippen molar-refractivity contribution in [1.29, 1.82) is 0 Å². The third-order valence-electron chi connectivity index (χ3n) is 2.53. The smallest absolute Gasteiger partial charge is 0.323 e. The summed E-state index contributed by atoms with van der Waals surface area (Å²) < 4.78 is 52.8. The fraction of sp³-hybridized carbons (Fsp3) is 0.333. The van der Waals surface area contributed by atoms with Crippen molar-refractivity contribution in [3.8, 4) is 0 Å². The van der Waals surface area contributed by atoms with Gasteiger partial charge in [-0.3, -0.25) is 4.79 Å². The highest BCUT2D eigenvalue weighted by Crippen LogP contribution is 2.24. The Labute approximate surface area is 117 Å². The van der Waals surface area contributed by atoms with Crippen LogP contribution in [0.5, 0.6) is 0 Å². The number of rotatable bonds is 4.